The van der Waals surface area contributed by atoms with Gasteiger partial charge in [-0.15, -0.1) is 6.58 Å². The third-order valence-corrected chi connectivity index (χ3v) is 3.14. The monoisotopic (exact) mass is 294 g/mol. The molecule has 0 radical (unpaired) electrons. The van der Waals surface area contributed by atoms with Gasteiger partial charge in [-0.1, -0.05) is 49.1 Å². The Bertz CT molecular complexity index is 608. The summed E-state index contributed by atoms with van der Waals surface area (Å²) < 4.78 is 5.67. The van der Waals surface area contributed by atoms with Crippen LogP contribution in [-0.4, -0.2) is 6.61 Å². The molecule has 2 N–H and O–H groups in total. The van der Waals surface area contributed by atoms with Gasteiger partial charge in [0.2, 0.25) is 0 Å². The molecule has 0 amide bonds. The molecule has 3 nitrogen and oxygen atoms in total. The zero-order valence-corrected chi connectivity index (χ0v) is 12.7. The van der Waals surface area contributed by atoms with E-state index >= 15 is 0 Å². The highest BCUT2D eigenvalue weighted by atomic mass is 16.5. The molecule has 3 heteroatoms. The normalized spacial score (nSPS) is 10.0. The van der Waals surface area contributed by atoms with Crippen molar-refractivity contribution in [2.45, 2.75) is 13.0 Å². The van der Waals surface area contributed by atoms with E-state index < -0.39 is 0 Å². The minimum absolute atomic E-state index is 0.511. The van der Waals surface area contributed by atoms with Gasteiger partial charge in [0.05, 0.1) is 0 Å². The lowest BCUT2D eigenvalue weighted by Crippen LogP contribution is -2.20. The fourth-order valence-corrected chi connectivity index (χ4v) is 2.12. The average molecular weight is 294 g/mol. The summed E-state index contributed by atoms with van der Waals surface area (Å²) in [6.45, 7) is 8.71. The number of benzene rings is 2. The van der Waals surface area contributed by atoms with Crippen molar-refractivity contribution in [2.24, 2.45) is 0 Å². The molecule has 0 aromatic heterocycles. The fourth-order valence-electron chi connectivity index (χ4n) is 2.12. The van der Waals surface area contributed by atoms with Gasteiger partial charge >= 0.3 is 0 Å². The molecule has 0 saturated carbocycles. The van der Waals surface area contributed by atoms with E-state index in [1.807, 2.05) is 42.5 Å². The van der Waals surface area contributed by atoms with E-state index in [1.54, 1.807) is 6.08 Å². The lowest BCUT2D eigenvalue weighted by molar-refractivity contribution is 0.359. The zero-order chi connectivity index (χ0) is 15.6. The number of anilines is 1. The van der Waals surface area contributed by atoms with E-state index in [1.165, 1.54) is 5.56 Å². The molecule has 0 atom stereocenters. The SMILES string of the molecule is C=CCOc1ccc(CNNc2ccccc2)cc1CC=C. The molecule has 22 heavy (non-hydrogen) atoms. The van der Waals surface area contributed by atoms with Gasteiger partial charge in [0.15, 0.2) is 0 Å². The van der Waals surface area contributed by atoms with Crippen LogP contribution in [0.3, 0.4) is 0 Å². The maximum atomic E-state index is 5.67. The molecule has 0 unspecified atom stereocenters. The molecular weight excluding hydrogens is 272 g/mol. The molecule has 2 aromatic carbocycles. The van der Waals surface area contributed by atoms with Crippen molar-refractivity contribution in [2.75, 3.05) is 12.0 Å². The first-order valence-corrected chi connectivity index (χ1v) is 7.34. The number of nitrogens with one attached hydrogen (secondary N) is 2. The van der Waals surface area contributed by atoms with Crippen LogP contribution in [0.4, 0.5) is 5.69 Å². The summed E-state index contributed by atoms with van der Waals surface area (Å²) >= 11 is 0. The molecule has 2 aromatic rings. The Morgan fingerprint density at radius 1 is 1.00 bits per heavy atom. The number of para-hydroxylation sites is 1. The molecule has 0 aliphatic rings. The predicted octanol–water partition coefficient (Wildman–Crippen LogP) is 4.10. The van der Waals surface area contributed by atoms with E-state index in [4.69, 9.17) is 4.74 Å². The third kappa shape index (κ3) is 4.79. The molecule has 114 valence electrons. The second-order valence-corrected chi connectivity index (χ2v) is 4.88. The van der Waals surface area contributed by atoms with E-state index in [9.17, 15) is 0 Å². The van der Waals surface area contributed by atoms with Crippen LogP contribution in [0.5, 0.6) is 5.75 Å². The van der Waals surface area contributed by atoms with Gasteiger partial charge in [-0.05, 0) is 35.7 Å². The number of allylic oxidation sites excluding steroid dienone is 1. The molecule has 0 spiro atoms. The first-order valence-electron chi connectivity index (χ1n) is 7.34. The first kappa shape index (κ1) is 15.9. The van der Waals surface area contributed by atoms with Crippen LogP contribution in [0.2, 0.25) is 0 Å². The van der Waals surface area contributed by atoms with Crippen molar-refractivity contribution >= 4 is 5.69 Å². The minimum atomic E-state index is 0.511. The molecule has 0 saturated heterocycles. The van der Waals surface area contributed by atoms with Gasteiger partial charge < -0.3 is 10.2 Å². The predicted molar refractivity (Wildman–Crippen MR) is 92.9 cm³/mol. The third-order valence-electron chi connectivity index (χ3n) is 3.14. The Labute approximate surface area is 132 Å². The fraction of sp³-hybridized carbons (Fsp3) is 0.158. The second-order valence-electron chi connectivity index (χ2n) is 4.88. The lowest BCUT2D eigenvalue weighted by atomic mass is 10.1. The van der Waals surface area contributed by atoms with Crippen molar-refractivity contribution in [1.82, 2.24) is 5.43 Å². The summed E-state index contributed by atoms with van der Waals surface area (Å²) in [7, 11) is 0. The summed E-state index contributed by atoms with van der Waals surface area (Å²) in [6.07, 6.45) is 4.42. The Morgan fingerprint density at radius 2 is 1.82 bits per heavy atom. The summed E-state index contributed by atoms with van der Waals surface area (Å²) in [5.74, 6) is 0.888. The highest BCUT2D eigenvalue weighted by Gasteiger charge is 2.04. The highest BCUT2D eigenvalue weighted by molar-refractivity contribution is 5.42. The molecule has 0 bridgehead atoms. The molecule has 0 fully saturated rings. The lowest BCUT2D eigenvalue weighted by Gasteiger charge is -2.12. The van der Waals surface area contributed by atoms with Crippen molar-refractivity contribution in [3.8, 4) is 5.75 Å². The second kappa shape index (κ2) is 8.70. The largest absolute Gasteiger partial charge is 0.489 e. The van der Waals surface area contributed by atoms with Crippen molar-refractivity contribution in [3.63, 3.8) is 0 Å². The average Bonchev–Trinajstić information content (AvgIpc) is 2.55. The number of rotatable bonds is 9. The summed E-state index contributed by atoms with van der Waals surface area (Å²) in [5, 5.41) is 0. The van der Waals surface area contributed by atoms with E-state index in [0.29, 0.717) is 6.61 Å². The van der Waals surface area contributed by atoms with Crippen molar-refractivity contribution < 1.29 is 4.74 Å². The Hall–Kier alpha value is -2.52. The Balaban J connectivity index is 1.97. The molecular formula is C19H22N2O. The smallest absolute Gasteiger partial charge is 0.123 e. The van der Waals surface area contributed by atoms with E-state index in [-0.39, 0.29) is 0 Å². The van der Waals surface area contributed by atoms with E-state index in [0.717, 1.165) is 30.0 Å². The summed E-state index contributed by atoms with van der Waals surface area (Å²) in [5.41, 5.74) is 9.76. The molecule has 2 rings (SSSR count). The van der Waals surface area contributed by atoms with Crippen molar-refractivity contribution in [1.29, 1.82) is 0 Å². The highest BCUT2D eigenvalue weighted by Crippen LogP contribution is 2.21. The van der Waals surface area contributed by atoms with Crippen LogP contribution in [0.25, 0.3) is 0 Å². The van der Waals surface area contributed by atoms with E-state index in [2.05, 4.69) is 36.1 Å². The number of hydrogen-bond acceptors (Lipinski definition) is 3. The van der Waals surface area contributed by atoms with Gasteiger partial charge in [-0.2, -0.15) is 0 Å². The van der Waals surface area contributed by atoms with Crippen LogP contribution >= 0.6 is 0 Å². The van der Waals surface area contributed by atoms with Gasteiger partial charge in [-0.3, -0.25) is 0 Å². The van der Waals surface area contributed by atoms with Crippen LogP contribution in [0, 0.1) is 0 Å². The maximum absolute atomic E-state index is 5.67. The maximum Gasteiger partial charge on any atom is 0.123 e. The van der Waals surface area contributed by atoms with Gasteiger partial charge in [-0.25, -0.2) is 5.43 Å². The standard InChI is InChI=1S/C19H22N2O/c1-3-8-17-14-16(11-12-19(17)22-13-4-2)15-20-21-18-9-6-5-7-10-18/h3-7,9-12,14,20-21H,1-2,8,13,15H2. The Kier molecular flexibility index (Phi) is 6.27. The van der Waals surface area contributed by atoms with Gasteiger partial charge in [0.1, 0.15) is 12.4 Å². The Morgan fingerprint density at radius 3 is 2.55 bits per heavy atom. The molecule has 0 heterocycles. The van der Waals surface area contributed by atoms with Crippen LogP contribution in [0.15, 0.2) is 73.8 Å². The van der Waals surface area contributed by atoms with Crippen LogP contribution in [0.1, 0.15) is 11.1 Å². The molecule has 0 aliphatic heterocycles. The minimum Gasteiger partial charge on any atom is -0.489 e. The summed E-state index contributed by atoms with van der Waals surface area (Å²) in [4.78, 5) is 0. The molecule has 0 aliphatic carbocycles. The van der Waals surface area contributed by atoms with Crippen LogP contribution in [-0.2, 0) is 13.0 Å². The summed E-state index contributed by atoms with van der Waals surface area (Å²) in [6, 6.07) is 16.2. The number of hydrogen-bond donors (Lipinski definition) is 2. The van der Waals surface area contributed by atoms with Gasteiger partial charge in [0, 0.05) is 12.2 Å². The number of hydrazine groups is 1. The zero-order valence-electron chi connectivity index (χ0n) is 12.7. The quantitative estimate of drug-likeness (QED) is 0.539. The topological polar surface area (TPSA) is 33.3 Å². The first-order chi connectivity index (χ1) is 10.8. The van der Waals surface area contributed by atoms with Gasteiger partial charge in [0.25, 0.3) is 0 Å². The van der Waals surface area contributed by atoms with Crippen molar-refractivity contribution in [3.05, 3.63) is 85.0 Å². The number of ether oxygens (including phenoxy) is 1. The van der Waals surface area contributed by atoms with Crippen LogP contribution < -0.4 is 15.6 Å².